The highest BCUT2D eigenvalue weighted by atomic mass is 32.2. The number of halogens is 1. The normalized spacial score (nSPS) is 11.6. The number of hydrogen-bond acceptors (Lipinski definition) is 5. The molecule has 2 heterocycles. The van der Waals surface area contributed by atoms with E-state index in [0.717, 1.165) is 45.4 Å². The zero-order valence-electron chi connectivity index (χ0n) is 27.2. The van der Waals surface area contributed by atoms with Crippen LogP contribution in [-0.2, 0) is 10.0 Å². The fourth-order valence-electron chi connectivity index (χ4n) is 6.20. The molecule has 0 atom stereocenters. The Balaban J connectivity index is 1.48. The predicted octanol–water partition coefficient (Wildman–Crippen LogP) is 8.28. The van der Waals surface area contributed by atoms with Crippen LogP contribution in [0.1, 0.15) is 10.4 Å². The number of hydrogen-bond donors (Lipinski definition) is 1. The summed E-state index contributed by atoms with van der Waals surface area (Å²) < 4.78 is 54.9. The third kappa shape index (κ3) is 5.70. The van der Waals surface area contributed by atoms with Gasteiger partial charge in [0.15, 0.2) is 0 Å². The lowest BCUT2D eigenvalue weighted by Crippen LogP contribution is -2.25. The van der Waals surface area contributed by atoms with Gasteiger partial charge in [-0.1, -0.05) is 42.5 Å². The molecule has 7 aromatic rings. The lowest BCUT2D eigenvalue weighted by Gasteiger charge is -2.21. The third-order valence-corrected chi connectivity index (χ3v) is 9.89. The Hall–Kier alpha value is -5.87. The van der Waals surface area contributed by atoms with Crippen LogP contribution < -0.4 is 14.4 Å². The summed E-state index contributed by atoms with van der Waals surface area (Å²) in [6.45, 7) is 0. The number of amides is 1. The second kappa shape index (κ2) is 12.3. The second-order valence-corrected chi connectivity index (χ2v) is 13.7. The molecule has 8 nitrogen and oxygen atoms in total. The molecular formula is C39H32FN3O5S. The average molecular weight is 674 g/mol. The van der Waals surface area contributed by atoms with Crippen LogP contribution in [0.25, 0.3) is 61.3 Å². The van der Waals surface area contributed by atoms with E-state index in [-0.39, 0.29) is 11.3 Å². The van der Waals surface area contributed by atoms with Crippen molar-refractivity contribution in [2.45, 2.75) is 0 Å². The van der Waals surface area contributed by atoms with E-state index in [1.54, 1.807) is 19.2 Å². The Bertz CT molecular complexity index is 2500. The monoisotopic (exact) mass is 673 g/mol. The summed E-state index contributed by atoms with van der Waals surface area (Å²) in [7, 11) is 0.927. The highest BCUT2D eigenvalue weighted by molar-refractivity contribution is 7.92. The second-order valence-electron chi connectivity index (χ2n) is 11.7. The summed E-state index contributed by atoms with van der Waals surface area (Å²) in [4.78, 5) is 13.4. The lowest BCUT2D eigenvalue weighted by atomic mass is 9.96. The van der Waals surface area contributed by atoms with Gasteiger partial charge in [-0.15, -0.1) is 0 Å². The standard InChI is InChI=1S/C39H32FN3O5S/c1-41-39(44)37-32-22-31(35(42(2)49(4,45)46)23-36(32)48-38(37)24-15-17-28(40)18-16-24)25-10-7-11-26(19-25)34-20-27-9-5-6-14-33(27)43(34)29-12-8-13-30(21-29)47-3/h5-23H,1-4H3,(H,41,44). The topological polar surface area (TPSA) is 93.8 Å². The van der Waals surface area contributed by atoms with Crippen molar-refractivity contribution in [1.29, 1.82) is 0 Å². The van der Waals surface area contributed by atoms with Gasteiger partial charge < -0.3 is 19.0 Å². The van der Waals surface area contributed by atoms with Gasteiger partial charge in [-0.3, -0.25) is 9.10 Å². The number of carbonyl (C=O) groups excluding carboxylic acids is 1. The Morgan fingerprint density at radius 1 is 0.857 bits per heavy atom. The van der Waals surface area contributed by atoms with Crippen LogP contribution in [-0.4, -0.2) is 46.4 Å². The average Bonchev–Trinajstić information content (AvgIpc) is 3.69. The van der Waals surface area contributed by atoms with Crippen LogP contribution in [0.3, 0.4) is 0 Å². The summed E-state index contributed by atoms with van der Waals surface area (Å²) >= 11 is 0. The van der Waals surface area contributed by atoms with Crippen molar-refractivity contribution >= 4 is 43.5 Å². The number of carbonyl (C=O) groups is 1. The lowest BCUT2D eigenvalue weighted by molar-refractivity contribution is 0.0964. The van der Waals surface area contributed by atoms with E-state index in [0.29, 0.717) is 27.8 Å². The van der Waals surface area contributed by atoms with E-state index in [1.807, 2.05) is 60.7 Å². The van der Waals surface area contributed by atoms with Gasteiger partial charge in [-0.05, 0) is 71.8 Å². The zero-order valence-corrected chi connectivity index (χ0v) is 28.0. The van der Waals surface area contributed by atoms with Gasteiger partial charge in [0.25, 0.3) is 5.91 Å². The van der Waals surface area contributed by atoms with E-state index in [9.17, 15) is 17.6 Å². The molecule has 0 aliphatic rings. The molecule has 0 saturated carbocycles. The van der Waals surface area contributed by atoms with E-state index >= 15 is 0 Å². The number of nitrogens with one attached hydrogen (secondary N) is 1. The van der Waals surface area contributed by atoms with Crippen molar-refractivity contribution in [2.75, 3.05) is 31.8 Å². The number of nitrogens with zero attached hydrogens (tertiary/aromatic N) is 2. The molecule has 0 radical (unpaired) electrons. The summed E-state index contributed by atoms with van der Waals surface area (Å²) in [5.74, 6) is 0.149. The first-order valence-corrected chi connectivity index (χ1v) is 17.3. The Kier molecular flexibility index (Phi) is 7.96. The smallest absolute Gasteiger partial charge is 0.255 e. The van der Waals surface area contributed by atoms with Gasteiger partial charge in [0, 0.05) is 53.8 Å². The predicted molar refractivity (Wildman–Crippen MR) is 193 cm³/mol. The molecule has 0 unspecified atom stereocenters. The van der Waals surface area contributed by atoms with Crippen LogP contribution in [0.15, 0.2) is 120 Å². The molecule has 5 aromatic carbocycles. The van der Waals surface area contributed by atoms with Gasteiger partial charge in [0.05, 0.1) is 35.8 Å². The van der Waals surface area contributed by atoms with Crippen molar-refractivity contribution in [1.82, 2.24) is 9.88 Å². The summed E-state index contributed by atoms with van der Waals surface area (Å²) in [6.07, 6.45) is 1.13. The zero-order chi connectivity index (χ0) is 34.4. The molecule has 7 rings (SSSR count). The Labute approximate surface area is 283 Å². The van der Waals surface area contributed by atoms with Crippen LogP contribution in [0, 0.1) is 5.82 Å². The number of rotatable bonds is 8. The van der Waals surface area contributed by atoms with Crippen molar-refractivity contribution in [3.63, 3.8) is 0 Å². The first-order valence-electron chi connectivity index (χ1n) is 15.5. The van der Waals surface area contributed by atoms with Crippen LogP contribution in [0.4, 0.5) is 10.1 Å². The molecule has 49 heavy (non-hydrogen) atoms. The molecule has 2 aromatic heterocycles. The minimum Gasteiger partial charge on any atom is -0.497 e. The number of para-hydroxylation sites is 1. The first-order chi connectivity index (χ1) is 23.6. The summed E-state index contributed by atoms with van der Waals surface area (Å²) in [5.41, 5.74) is 6.46. The molecule has 0 aliphatic heterocycles. The number of ether oxygens (including phenoxy) is 1. The summed E-state index contributed by atoms with van der Waals surface area (Å²) in [5, 5.41) is 4.21. The van der Waals surface area contributed by atoms with Gasteiger partial charge in [0.1, 0.15) is 22.9 Å². The highest BCUT2D eigenvalue weighted by Crippen LogP contribution is 2.42. The largest absolute Gasteiger partial charge is 0.497 e. The first kappa shape index (κ1) is 31.7. The Morgan fingerprint density at radius 3 is 2.33 bits per heavy atom. The van der Waals surface area contributed by atoms with Crippen LogP contribution in [0.5, 0.6) is 5.75 Å². The van der Waals surface area contributed by atoms with Crippen molar-refractivity contribution < 1.29 is 26.8 Å². The molecule has 0 aliphatic carbocycles. The number of furan rings is 1. The summed E-state index contributed by atoms with van der Waals surface area (Å²) in [6, 6.07) is 35.0. The molecule has 0 saturated heterocycles. The maximum Gasteiger partial charge on any atom is 0.255 e. The van der Waals surface area contributed by atoms with Gasteiger partial charge in [0.2, 0.25) is 10.0 Å². The third-order valence-electron chi connectivity index (χ3n) is 8.70. The maximum absolute atomic E-state index is 13.8. The van der Waals surface area contributed by atoms with Crippen molar-refractivity contribution in [3.05, 3.63) is 127 Å². The molecule has 10 heteroatoms. The number of benzene rings is 5. The number of anilines is 1. The molecular weight excluding hydrogens is 642 g/mol. The van der Waals surface area contributed by atoms with Crippen LogP contribution in [0.2, 0.25) is 0 Å². The quantitative estimate of drug-likeness (QED) is 0.175. The number of methoxy groups -OCH3 is 1. The van der Waals surface area contributed by atoms with E-state index < -0.39 is 21.7 Å². The maximum atomic E-state index is 13.8. The fourth-order valence-corrected chi connectivity index (χ4v) is 6.71. The fraction of sp³-hybridized carbons (Fsp3) is 0.103. The van der Waals surface area contributed by atoms with Crippen molar-refractivity contribution in [2.24, 2.45) is 0 Å². The Morgan fingerprint density at radius 2 is 1.59 bits per heavy atom. The number of aromatic nitrogens is 1. The molecule has 1 amide bonds. The number of sulfonamides is 1. The minimum atomic E-state index is -3.71. The molecule has 246 valence electrons. The SMILES string of the molecule is CNC(=O)c1c(-c2ccc(F)cc2)oc2cc(N(C)S(C)(=O)=O)c(-c3cccc(-c4cc5ccccc5n4-c4cccc(OC)c4)c3)cc12. The van der Waals surface area contributed by atoms with Gasteiger partial charge in [-0.2, -0.15) is 0 Å². The highest BCUT2D eigenvalue weighted by Gasteiger charge is 2.26. The molecule has 0 spiro atoms. The van der Waals surface area contributed by atoms with E-state index in [4.69, 9.17) is 9.15 Å². The molecule has 1 N–H and O–H groups in total. The van der Waals surface area contributed by atoms with E-state index in [1.165, 1.54) is 42.7 Å². The van der Waals surface area contributed by atoms with Crippen LogP contribution >= 0.6 is 0 Å². The van der Waals surface area contributed by atoms with E-state index in [2.05, 4.69) is 28.1 Å². The molecule has 0 fully saturated rings. The minimum absolute atomic E-state index is 0.246. The molecule has 0 bridgehead atoms. The number of fused-ring (bicyclic) bond motifs is 2. The van der Waals surface area contributed by atoms with Crippen molar-refractivity contribution in [3.8, 4) is 45.1 Å². The van der Waals surface area contributed by atoms with Gasteiger partial charge in [-0.25, -0.2) is 12.8 Å². The van der Waals surface area contributed by atoms with Gasteiger partial charge >= 0.3 is 0 Å².